The third-order valence-electron chi connectivity index (χ3n) is 4.51. The minimum atomic E-state index is -0.228. The summed E-state index contributed by atoms with van der Waals surface area (Å²) in [6.07, 6.45) is 3.17. The van der Waals surface area contributed by atoms with Crippen LogP contribution in [0.3, 0.4) is 0 Å². The van der Waals surface area contributed by atoms with Crippen LogP contribution in [-0.4, -0.2) is 30.1 Å². The molecule has 4 rings (SSSR count). The minimum absolute atomic E-state index is 0.228. The number of aromatic nitrogens is 2. The Balaban J connectivity index is 1.73. The van der Waals surface area contributed by atoms with Crippen LogP contribution in [-0.2, 0) is 0 Å². The first-order chi connectivity index (χ1) is 14.7. The number of pyridine rings is 1. The number of nitrogens with zero attached hydrogens (tertiary/aromatic N) is 2. The van der Waals surface area contributed by atoms with Crippen molar-refractivity contribution in [3.63, 3.8) is 0 Å². The lowest BCUT2D eigenvalue weighted by Gasteiger charge is -2.05. The number of rotatable bonds is 6. The molecule has 2 heterocycles. The molecule has 2 aromatic carbocycles. The second-order valence-corrected chi connectivity index (χ2v) is 7.34. The SMILES string of the molecule is COc1ccc(-c2nc(NC(=O)c3ccncc3)sc2-c2ccc(OC)cc2)cc1. The Kier molecular flexibility index (Phi) is 5.72. The highest BCUT2D eigenvalue weighted by molar-refractivity contribution is 7.19. The number of benzene rings is 2. The highest BCUT2D eigenvalue weighted by Crippen LogP contribution is 2.40. The van der Waals surface area contributed by atoms with Gasteiger partial charge >= 0.3 is 0 Å². The highest BCUT2D eigenvalue weighted by atomic mass is 32.1. The highest BCUT2D eigenvalue weighted by Gasteiger charge is 2.17. The second-order valence-electron chi connectivity index (χ2n) is 6.34. The summed E-state index contributed by atoms with van der Waals surface area (Å²) < 4.78 is 10.5. The quantitative estimate of drug-likeness (QED) is 0.470. The average Bonchev–Trinajstić information content (AvgIpc) is 3.23. The molecule has 0 fully saturated rings. The van der Waals surface area contributed by atoms with E-state index >= 15 is 0 Å². The van der Waals surface area contributed by atoms with Crippen LogP contribution in [0, 0.1) is 0 Å². The summed E-state index contributed by atoms with van der Waals surface area (Å²) in [5.74, 6) is 1.32. The van der Waals surface area contributed by atoms with Crippen LogP contribution in [0.1, 0.15) is 10.4 Å². The lowest BCUT2D eigenvalue weighted by Crippen LogP contribution is -2.11. The normalized spacial score (nSPS) is 10.5. The van der Waals surface area contributed by atoms with E-state index in [9.17, 15) is 4.79 Å². The summed E-state index contributed by atoms with van der Waals surface area (Å²) in [5.41, 5.74) is 3.24. The van der Waals surface area contributed by atoms with Gasteiger partial charge in [-0.3, -0.25) is 15.1 Å². The van der Waals surface area contributed by atoms with Gasteiger partial charge in [-0.15, -0.1) is 0 Å². The van der Waals surface area contributed by atoms with E-state index in [2.05, 4.69) is 10.3 Å². The summed E-state index contributed by atoms with van der Waals surface area (Å²) in [4.78, 5) is 22.2. The maximum Gasteiger partial charge on any atom is 0.257 e. The van der Waals surface area contributed by atoms with E-state index in [1.54, 1.807) is 38.7 Å². The second kappa shape index (κ2) is 8.75. The first-order valence-corrected chi connectivity index (χ1v) is 10.0. The molecule has 1 amide bonds. The molecule has 0 aliphatic carbocycles. The van der Waals surface area contributed by atoms with Crippen molar-refractivity contribution in [1.82, 2.24) is 9.97 Å². The first-order valence-electron chi connectivity index (χ1n) is 9.19. The van der Waals surface area contributed by atoms with Gasteiger partial charge in [0.15, 0.2) is 5.13 Å². The molecule has 0 unspecified atom stereocenters. The molecular weight excluding hydrogens is 398 g/mol. The number of carbonyl (C=O) groups excluding carboxylic acids is 1. The molecule has 150 valence electrons. The molecule has 0 atom stereocenters. The molecule has 0 saturated carbocycles. The average molecular weight is 417 g/mol. The van der Waals surface area contributed by atoms with Crippen LogP contribution in [0.5, 0.6) is 11.5 Å². The van der Waals surface area contributed by atoms with Gasteiger partial charge in [0.25, 0.3) is 5.91 Å². The van der Waals surface area contributed by atoms with Crippen molar-refractivity contribution in [2.24, 2.45) is 0 Å². The Hall–Kier alpha value is -3.71. The molecule has 1 N–H and O–H groups in total. The standard InChI is InChI=1S/C23H19N3O3S/c1-28-18-7-3-15(4-8-18)20-21(16-5-9-19(29-2)10-6-16)30-23(25-20)26-22(27)17-11-13-24-14-12-17/h3-14H,1-2H3,(H,25,26,27). The zero-order valence-electron chi connectivity index (χ0n) is 16.5. The van der Waals surface area contributed by atoms with Crippen molar-refractivity contribution < 1.29 is 14.3 Å². The van der Waals surface area contributed by atoms with Crippen molar-refractivity contribution in [2.45, 2.75) is 0 Å². The molecule has 0 aliphatic heterocycles. The van der Waals surface area contributed by atoms with Gasteiger partial charge in [-0.25, -0.2) is 4.98 Å². The van der Waals surface area contributed by atoms with Crippen LogP contribution in [0.25, 0.3) is 21.7 Å². The minimum Gasteiger partial charge on any atom is -0.497 e. The Morgan fingerprint density at radius 3 is 1.97 bits per heavy atom. The van der Waals surface area contributed by atoms with Gasteiger partial charge in [0.2, 0.25) is 0 Å². The van der Waals surface area contributed by atoms with Crippen molar-refractivity contribution in [3.05, 3.63) is 78.6 Å². The smallest absolute Gasteiger partial charge is 0.257 e. The zero-order chi connectivity index (χ0) is 20.9. The number of ether oxygens (including phenoxy) is 2. The zero-order valence-corrected chi connectivity index (χ0v) is 17.3. The van der Waals surface area contributed by atoms with Gasteiger partial charge in [0, 0.05) is 23.5 Å². The molecule has 4 aromatic rings. The number of amides is 1. The Bertz CT molecular complexity index is 1080. The van der Waals surface area contributed by atoms with Gasteiger partial charge in [-0.05, 0) is 66.2 Å². The topological polar surface area (TPSA) is 73.3 Å². The first kappa shape index (κ1) is 19.6. The van der Waals surface area contributed by atoms with Crippen molar-refractivity contribution in [3.8, 4) is 33.2 Å². The molecule has 7 heteroatoms. The monoisotopic (exact) mass is 417 g/mol. The molecule has 0 spiro atoms. The van der Waals surface area contributed by atoms with Gasteiger partial charge in [-0.2, -0.15) is 0 Å². The van der Waals surface area contributed by atoms with E-state index in [4.69, 9.17) is 14.5 Å². The number of hydrogen-bond acceptors (Lipinski definition) is 6. The lowest BCUT2D eigenvalue weighted by atomic mass is 10.1. The van der Waals surface area contributed by atoms with Crippen molar-refractivity contribution in [1.29, 1.82) is 0 Å². The van der Waals surface area contributed by atoms with Gasteiger partial charge in [0.05, 0.1) is 24.8 Å². The summed E-state index contributed by atoms with van der Waals surface area (Å²) in [5, 5.41) is 3.42. The Morgan fingerprint density at radius 1 is 0.833 bits per heavy atom. The lowest BCUT2D eigenvalue weighted by molar-refractivity contribution is 0.102. The molecule has 0 saturated heterocycles. The molecule has 6 nitrogen and oxygen atoms in total. The summed E-state index contributed by atoms with van der Waals surface area (Å²) >= 11 is 1.42. The van der Waals surface area contributed by atoms with Crippen LogP contribution in [0.15, 0.2) is 73.1 Å². The van der Waals surface area contributed by atoms with Gasteiger partial charge in [0.1, 0.15) is 11.5 Å². The number of thiazole rings is 1. The Morgan fingerprint density at radius 2 is 1.40 bits per heavy atom. The summed E-state index contributed by atoms with van der Waals surface area (Å²) in [6, 6.07) is 18.8. The number of methoxy groups -OCH3 is 2. The predicted octanol–water partition coefficient (Wildman–Crippen LogP) is 5.14. The van der Waals surface area contributed by atoms with Gasteiger partial charge in [-0.1, -0.05) is 11.3 Å². The van der Waals surface area contributed by atoms with E-state index in [-0.39, 0.29) is 5.91 Å². The van der Waals surface area contributed by atoms with Gasteiger partial charge < -0.3 is 9.47 Å². The van der Waals surface area contributed by atoms with Crippen LogP contribution < -0.4 is 14.8 Å². The maximum atomic E-state index is 12.6. The number of hydrogen-bond donors (Lipinski definition) is 1. The fraction of sp³-hybridized carbons (Fsp3) is 0.0870. The molecule has 0 aliphatic rings. The van der Waals surface area contributed by atoms with E-state index in [1.165, 1.54) is 11.3 Å². The van der Waals surface area contributed by atoms with E-state index < -0.39 is 0 Å². The molecule has 0 radical (unpaired) electrons. The number of nitrogens with one attached hydrogen (secondary N) is 1. The molecule has 30 heavy (non-hydrogen) atoms. The third-order valence-corrected chi connectivity index (χ3v) is 5.53. The van der Waals surface area contributed by atoms with Crippen LogP contribution in [0.2, 0.25) is 0 Å². The fourth-order valence-corrected chi connectivity index (χ4v) is 3.92. The van der Waals surface area contributed by atoms with E-state index in [1.807, 2.05) is 48.5 Å². The number of carbonyl (C=O) groups is 1. The molecule has 0 bridgehead atoms. The van der Waals surface area contributed by atoms with Crippen molar-refractivity contribution >= 4 is 22.4 Å². The van der Waals surface area contributed by atoms with Crippen LogP contribution >= 0.6 is 11.3 Å². The molecular formula is C23H19N3O3S. The third kappa shape index (κ3) is 4.16. The number of anilines is 1. The largest absolute Gasteiger partial charge is 0.497 e. The Labute approximate surface area is 178 Å². The van der Waals surface area contributed by atoms with E-state index in [0.29, 0.717) is 10.7 Å². The maximum absolute atomic E-state index is 12.6. The van der Waals surface area contributed by atoms with Crippen molar-refractivity contribution in [2.75, 3.05) is 19.5 Å². The molecule has 2 aromatic heterocycles. The van der Waals surface area contributed by atoms with E-state index in [0.717, 1.165) is 33.2 Å². The summed E-state index contributed by atoms with van der Waals surface area (Å²) in [6.45, 7) is 0. The predicted molar refractivity (Wildman–Crippen MR) is 118 cm³/mol. The summed E-state index contributed by atoms with van der Waals surface area (Å²) in [7, 11) is 3.27. The fourth-order valence-electron chi connectivity index (χ4n) is 2.93. The van der Waals surface area contributed by atoms with Crippen LogP contribution in [0.4, 0.5) is 5.13 Å².